The summed E-state index contributed by atoms with van der Waals surface area (Å²) in [5.41, 5.74) is 4.14. The first-order valence-corrected chi connectivity index (χ1v) is 9.53. The molecule has 3 aromatic carbocycles. The molecule has 2 amide bonds. The minimum absolute atomic E-state index is 0.0721. The fourth-order valence-corrected chi connectivity index (χ4v) is 2.79. The van der Waals surface area contributed by atoms with Crippen LogP contribution in [0.25, 0.3) is 0 Å². The SMILES string of the molecule is CCc1ccc(OCC(=O)Nc2ccc(NC(=O)c3cccc(C)c3)cc2)cc1. The van der Waals surface area contributed by atoms with Crippen LogP contribution in [0.2, 0.25) is 0 Å². The second kappa shape index (κ2) is 9.55. The lowest BCUT2D eigenvalue weighted by atomic mass is 10.1. The number of rotatable bonds is 7. The Morgan fingerprint density at radius 3 is 2.14 bits per heavy atom. The molecule has 148 valence electrons. The molecule has 0 fully saturated rings. The van der Waals surface area contributed by atoms with Crippen LogP contribution in [0, 0.1) is 6.92 Å². The highest BCUT2D eigenvalue weighted by molar-refractivity contribution is 6.04. The van der Waals surface area contributed by atoms with Crippen LogP contribution in [0.4, 0.5) is 11.4 Å². The molecule has 0 bridgehead atoms. The summed E-state index contributed by atoms with van der Waals surface area (Å²) in [6.45, 7) is 3.96. The van der Waals surface area contributed by atoms with Crippen LogP contribution in [0.5, 0.6) is 5.75 Å². The molecule has 3 aromatic rings. The van der Waals surface area contributed by atoms with E-state index in [9.17, 15) is 9.59 Å². The molecule has 0 heterocycles. The van der Waals surface area contributed by atoms with Crippen molar-refractivity contribution in [2.24, 2.45) is 0 Å². The van der Waals surface area contributed by atoms with Gasteiger partial charge in [0.05, 0.1) is 0 Å². The van der Waals surface area contributed by atoms with Crippen molar-refractivity contribution in [2.45, 2.75) is 20.3 Å². The number of nitrogens with one attached hydrogen (secondary N) is 2. The number of aryl methyl sites for hydroxylation is 2. The fourth-order valence-electron chi connectivity index (χ4n) is 2.79. The number of carbonyl (C=O) groups is 2. The Balaban J connectivity index is 1.50. The van der Waals surface area contributed by atoms with E-state index in [1.165, 1.54) is 5.56 Å². The van der Waals surface area contributed by atoms with Crippen molar-refractivity contribution in [3.8, 4) is 5.75 Å². The lowest BCUT2D eigenvalue weighted by molar-refractivity contribution is -0.118. The van der Waals surface area contributed by atoms with Gasteiger partial charge in [-0.05, 0) is 67.4 Å². The Hall–Kier alpha value is -3.60. The zero-order valence-electron chi connectivity index (χ0n) is 16.6. The topological polar surface area (TPSA) is 67.4 Å². The molecule has 3 rings (SSSR count). The Morgan fingerprint density at radius 1 is 0.862 bits per heavy atom. The zero-order chi connectivity index (χ0) is 20.6. The minimum atomic E-state index is -0.249. The average molecular weight is 388 g/mol. The van der Waals surface area contributed by atoms with Crippen LogP contribution in [0.3, 0.4) is 0 Å². The lowest BCUT2D eigenvalue weighted by Crippen LogP contribution is -2.20. The molecule has 0 saturated heterocycles. The van der Waals surface area contributed by atoms with Gasteiger partial charge in [-0.3, -0.25) is 9.59 Å². The molecule has 0 atom stereocenters. The van der Waals surface area contributed by atoms with Crippen LogP contribution in [-0.4, -0.2) is 18.4 Å². The number of hydrogen-bond acceptors (Lipinski definition) is 3. The van der Waals surface area contributed by atoms with Crippen LogP contribution in [-0.2, 0) is 11.2 Å². The largest absolute Gasteiger partial charge is 0.484 e. The first kappa shape index (κ1) is 20.1. The highest BCUT2D eigenvalue weighted by Crippen LogP contribution is 2.16. The van der Waals surface area contributed by atoms with Gasteiger partial charge in [0.2, 0.25) is 0 Å². The van der Waals surface area contributed by atoms with Crippen LogP contribution >= 0.6 is 0 Å². The number of benzene rings is 3. The van der Waals surface area contributed by atoms with Crippen molar-refractivity contribution >= 4 is 23.2 Å². The maximum absolute atomic E-state index is 12.3. The van der Waals surface area contributed by atoms with E-state index in [1.54, 1.807) is 30.3 Å². The maximum Gasteiger partial charge on any atom is 0.262 e. The normalized spacial score (nSPS) is 10.3. The van der Waals surface area contributed by atoms with Crippen molar-refractivity contribution in [1.29, 1.82) is 0 Å². The highest BCUT2D eigenvalue weighted by atomic mass is 16.5. The maximum atomic E-state index is 12.3. The van der Waals surface area contributed by atoms with Gasteiger partial charge in [-0.15, -0.1) is 0 Å². The van der Waals surface area contributed by atoms with Gasteiger partial charge in [0.25, 0.3) is 11.8 Å². The van der Waals surface area contributed by atoms with E-state index in [2.05, 4.69) is 17.6 Å². The van der Waals surface area contributed by atoms with Crippen LogP contribution in [0.1, 0.15) is 28.4 Å². The smallest absolute Gasteiger partial charge is 0.262 e. The standard InChI is InChI=1S/C24H24N2O3/c1-3-18-7-13-22(14-8-18)29-16-23(27)25-20-9-11-21(12-10-20)26-24(28)19-6-4-5-17(2)15-19/h4-15H,3,16H2,1-2H3,(H,25,27)(H,26,28). The van der Waals surface area contributed by atoms with E-state index in [0.717, 1.165) is 12.0 Å². The van der Waals surface area contributed by atoms with Crippen molar-refractivity contribution in [2.75, 3.05) is 17.2 Å². The molecule has 0 aliphatic carbocycles. The molecule has 5 heteroatoms. The van der Waals surface area contributed by atoms with Gasteiger partial charge in [-0.1, -0.05) is 36.8 Å². The number of amides is 2. The van der Waals surface area contributed by atoms with E-state index >= 15 is 0 Å². The molecule has 2 N–H and O–H groups in total. The number of anilines is 2. The average Bonchev–Trinajstić information content (AvgIpc) is 2.74. The van der Waals surface area contributed by atoms with Gasteiger partial charge < -0.3 is 15.4 Å². The first-order chi connectivity index (χ1) is 14.0. The number of hydrogen-bond donors (Lipinski definition) is 2. The van der Waals surface area contributed by atoms with Gasteiger partial charge in [0.1, 0.15) is 5.75 Å². The summed E-state index contributed by atoms with van der Waals surface area (Å²) in [4.78, 5) is 24.4. The van der Waals surface area contributed by atoms with Gasteiger partial charge in [-0.2, -0.15) is 0 Å². The first-order valence-electron chi connectivity index (χ1n) is 9.53. The molecule has 0 radical (unpaired) electrons. The molecule has 0 aromatic heterocycles. The second-order valence-corrected chi connectivity index (χ2v) is 6.74. The molecule has 0 saturated carbocycles. The summed E-state index contributed by atoms with van der Waals surface area (Å²) in [7, 11) is 0. The summed E-state index contributed by atoms with van der Waals surface area (Å²) in [6, 6.07) is 22.0. The molecular weight excluding hydrogens is 364 g/mol. The Morgan fingerprint density at radius 2 is 1.52 bits per heavy atom. The van der Waals surface area contributed by atoms with Gasteiger partial charge in [0.15, 0.2) is 6.61 Å². The molecular formula is C24H24N2O3. The number of carbonyl (C=O) groups excluding carboxylic acids is 2. The molecule has 0 spiro atoms. The highest BCUT2D eigenvalue weighted by Gasteiger charge is 2.07. The predicted octanol–water partition coefficient (Wildman–Crippen LogP) is 4.83. The molecule has 0 aliphatic rings. The summed E-state index contributed by atoms with van der Waals surface area (Å²) < 4.78 is 5.51. The Labute approximate surface area is 170 Å². The summed E-state index contributed by atoms with van der Waals surface area (Å²) in [5, 5.41) is 5.62. The summed E-state index contributed by atoms with van der Waals surface area (Å²) >= 11 is 0. The van der Waals surface area contributed by atoms with E-state index in [1.807, 2.05) is 49.4 Å². The third-order valence-corrected chi connectivity index (χ3v) is 4.41. The minimum Gasteiger partial charge on any atom is -0.484 e. The summed E-state index contributed by atoms with van der Waals surface area (Å²) in [6.07, 6.45) is 0.961. The molecule has 0 unspecified atom stereocenters. The summed E-state index contributed by atoms with van der Waals surface area (Å²) in [5.74, 6) is 0.237. The van der Waals surface area contributed by atoms with E-state index in [-0.39, 0.29) is 18.4 Å². The predicted molar refractivity (Wildman–Crippen MR) is 116 cm³/mol. The lowest BCUT2D eigenvalue weighted by Gasteiger charge is -2.09. The third-order valence-electron chi connectivity index (χ3n) is 4.41. The van der Waals surface area contributed by atoms with E-state index in [0.29, 0.717) is 22.7 Å². The van der Waals surface area contributed by atoms with E-state index < -0.39 is 0 Å². The third kappa shape index (κ3) is 5.94. The van der Waals surface area contributed by atoms with Crippen molar-refractivity contribution < 1.29 is 14.3 Å². The second-order valence-electron chi connectivity index (χ2n) is 6.74. The molecule has 29 heavy (non-hydrogen) atoms. The van der Waals surface area contributed by atoms with E-state index in [4.69, 9.17) is 4.74 Å². The van der Waals surface area contributed by atoms with Crippen LogP contribution < -0.4 is 15.4 Å². The molecule has 5 nitrogen and oxygen atoms in total. The quantitative estimate of drug-likeness (QED) is 0.609. The fraction of sp³-hybridized carbons (Fsp3) is 0.167. The van der Waals surface area contributed by atoms with Gasteiger partial charge >= 0.3 is 0 Å². The Bertz CT molecular complexity index is 980. The van der Waals surface area contributed by atoms with Crippen molar-refractivity contribution in [1.82, 2.24) is 0 Å². The Kier molecular flexibility index (Phi) is 6.63. The van der Waals surface area contributed by atoms with Gasteiger partial charge in [-0.25, -0.2) is 0 Å². The van der Waals surface area contributed by atoms with Gasteiger partial charge in [0, 0.05) is 16.9 Å². The van der Waals surface area contributed by atoms with Crippen molar-refractivity contribution in [3.63, 3.8) is 0 Å². The van der Waals surface area contributed by atoms with Crippen LogP contribution in [0.15, 0.2) is 72.8 Å². The zero-order valence-corrected chi connectivity index (χ0v) is 16.6. The number of ether oxygens (including phenoxy) is 1. The van der Waals surface area contributed by atoms with Crippen molar-refractivity contribution in [3.05, 3.63) is 89.5 Å². The molecule has 0 aliphatic heterocycles. The monoisotopic (exact) mass is 388 g/mol.